The van der Waals surface area contributed by atoms with Crippen molar-refractivity contribution in [1.82, 2.24) is 0 Å². The molecule has 0 aromatic heterocycles. The molecule has 2 N–H and O–H groups in total. The molecule has 0 amide bonds. The number of hydrogen-bond acceptors (Lipinski definition) is 2. The molecule has 0 unspecified atom stereocenters. The highest BCUT2D eigenvalue weighted by atomic mass is 19.1. The van der Waals surface area contributed by atoms with Crippen LogP contribution < -0.4 is 10.6 Å². The smallest absolute Gasteiger partial charge is 0.128 e. The van der Waals surface area contributed by atoms with E-state index >= 15 is 0 Å². The van der Waals surface area contributed by atoms with Crippen LogP contribution in [-0.2, 0) is 0 Å². The summed E-state index contributed by atoms with van der Waals surface area (Å²) in [7, 11) is 0. The monoisotopic (exact) mass is 222 g/mol. The topological polar surface area (TPSA) is 29.3 Å². The predicted molar refractivity (Wildman–Crippen MR) is 66.2 cm³/mol. The van der Waals surface area contributed by atoms with E-state index in [1.807, 2.05) is 6.07 Å². The Morgan fingerprint density at radius 3 is 2.38 bits per heavy atom. The number of rotatable bonds is 1. The van der Waals surface area contributed by atoms with E-state index in [0.29, 0.717) is 11.3 Å². The SMILES string of the molecule is Cc1cc(N2CCCCCC2)c(N)cc1F. The van der Waals surface area contributed by atoms with Gasteiger partial charge in [0.2, 0.25) is 0 Å². The summed E-state index contributed by atoms with van der Waals surface area (Å²) in [4.78, 5) is 2.29. The summed E-state index contributed by atoms with van der Waals surface area (Å²) >= 11 is 0. The number of hydrogen-bond donors (Lipinski definition) is 1. The van der Waals surface area contributed by atoms with Crippen molar-refractivity contribution in [3.05, 3.63) is 23.5 Å². The van der Waals surface area contributed by atoms with E-state index in [0.717, 1.165) is 18.8 Å². The predicted octanol–water partition coefficient (Wildman–Crippen LogP) is 3.10. The first-order valence-corrected chi connectivity index (χ1v) is 5.99. The number of benzene rings is 1. The fraction of sp³-hybridized carbons (Fsp3) is 0.538. The summed E-state index contributed by atoms with van der Waals surface area (Å²) in [6.07, 6.45) is 4.99. The summed E-state index contributed by atoms with van der Waals surface area (Å²) in [5.41, 5.74) is 8.13. The van der Waals surface area contributed by atoms with Gasteiger partial charge in [-0.05, 0) is 37.5 Å². The van der Waals surface area contributed by atoms with E-state index in [-0.39, 0.29) is 5.82 Å². The maximum Gasteiger partial charge on any atom is 0.128 e. The lowest BCUT2D eigenvalue weighted by Gasteiger charge is -2.24. The Labute approximate surface area is 96.2 Å². The van der Waals surface area contributed by atoms with Crippen molar-refractivity contribution < 1.29 is 4.39 Å². The normalized spacial score (nSPS) is 17.2. The molecule has 0 aliphatic carbocycles. The van der Waals surface area contributed by atoms with Crippen LogP contribution in [-0.4, -0.2) is 13.1 Å². The minimum absolute atomic E-state index is 0.212. The minimum Gasteiger partial charge on any atom is -0.397 e. The highest BCUT2D eigenvalue weighted by Gasteiger charge is 2.14. The molecule has 88 valence electrons. The highest BCUT2D eigenvalue weighted by molar-refractivity contribution is 5.68. The lowest BCUT2D eigenvalue weighted by Crippen LogP contribution is -2.25. The van der Waals surface area contributed by atoms with Crippen LogP contribution in [0.4, 0.5) is 15.8 Å². The van der Waals surface area contributed by atoms with E-state index in [1.54, 1.807) is 6.92 Å². The molecule has 0 radical (unpaired) electrons. The zero-order chi connectivity index (χ0) is 11.5. The van der Waals surface area contributed by atoms with Gasteiger partial charge >= 0.3 is 0 Å². The molecule has 0 atom stereocenters. The number of nitrogens with two attached hydrogens (primary N) is 1. The van der Waals surface area contributed by atoms with Crippen LogP contribution >= 0.6 is 0 Å². The molecular formula is C13H19FN2. The summed E-state index contributed by atoms with van der Waals surface area (Å²) in [5, 5.41) is 0. The van der Waals surface area contributed by atoms with Gasteiger partial charge in [-0.3, -0.25) is 0 Å². The first-order chi connectivity index (χ1) is 7.68. The fourth-order valence-electron chi connectivity index (χ4n) is 2.27. The fourth-order valence-corrected chi connectivity index (χ4v) is 2.27. The van der Waals surface area contributed by atoms with Gasteiger partial charge in [0.25, 0.3) is 0 Å². The Morgan fingerprint density at radius 1 is 1.12 bits per heavy atom. The summed E-state index contributed by atoms with van der Waals surface area (Å²) in [6.45, 7) is 3.86. The Balaban J connectivity index is 2.27. The van der Waals surface area contributed by atoms with E-state index in [1.165, 1.54) is 31.7 Å². The molecule has 0 spiro atoms. The second kappa shape index (κ2) is 4.73. The van der Waals surface area contributed by atoms with Gasteiger partial charge in [0.05, 0.1) is 11.4 Å². The van der Waals surface area contributed by atoms with Gasteiger partial charge in [-0.15, -0.1) is 0 Å². The second-order valence-electron chi connectivity index (χ2n) is 4.56. The highest BCUT2D eigenvalue weighted by Crippen LogP contribution is 2.28. The van der Waals surface area contributed by atoms with Gasteiger partial charge in [0.1, 0.15) is 5.82 Å². The van der Waals surface area contributed by atoms with Gasteiger partial charge < -0.3 is 10.6 Å². The third kappa shape index (κ3) is 2.29. The standard InChI is InChI=1S/C13H19FN2/c1-10-8-13(12(15)9-11(10)14)16-6-4-2-3-5-7-16/h8-9H,2-7,15H2,1H3. The zero-order valence-electron chi connectivity index (χ0n) is 9.80. The first-order valence-electron chi connectivity index (χ1n) is 5.99. The molecule has 3 heteroatoms. The summed E-state index contributed by atoms with van der Waals surface area (Å²) < 4.78 is 13.3. The second-order valence-corrected chi connectivity index (χ2v) is 4.56. The van der Waals surface area contributed by atoms with E-state index < -0.39 is 0 Å². The molecule has 1 aromatic rings. The molecule has 2 nitrogen and oxygen atoms in total. The Morgan fingerprint density at radius 2 is 1.75 bits per heavy atom. The summed E-state index contributed by atoms with van der Waals surface area (Å²) in [6, 6.07) is 3.31. The van der Waals surface area contributed by atoms with Crippen molar-refractivity contribution in [2.24, 2.45) is 0 Å². The molecule has 1 fully saturated rings. The molecule has 1 aromatic carbocycles. The molecule has 0 bridgehead atoms. The van der Waals surface area contributed by atoms with Crippen molar-refractivity contribution in [3.63, 3.8) is 0 Å². The van der Waals surface area contributed by atoms with Crippen LogP contribution in [0.2, 0.25) is 0 Å². The number of nitrogens with zero attached hydrogens (tertiary/aromatic N) is 1. The molecule has 2 rings (SSSR count). The van der Waals surface area contributed by atoms with Gasteiger partial charge in [0.15, 0.2) is 0 Å². The van der Waals surface area contributed by atoms with Crippen LogP contribution in [0.15, 0.2) is 12.1 Å². The van der Waals surface area contributed by atoms with E-state index in [9.17, 15) is 4.39 Å². The number of halogens is 1. The summed E-state index contributed by atoms with van der Waals surface area (Å²) in [5.74, 6) is -0.212. The van der Waals surface area contributed by atoms with Crippen molar-refractivity contribution >= 4 is 11.4 Å². The average Bonchev–Trinajstić information content (AvgIpc) is 2.52. The van der Waals surface area contributed by atoms with E-state index in [2.05, 4.69) is 4.90 Å². The first kappa shape index (κ1) is 11.2. The maximum atomic E-state index is 13.3. The average molecular weight is 222 g/mol. The number of aryl methyl sites for hydroxylation is 1. The van der Waals surface area contributed by atoms with Crippen LogP contribution in [0.25, 0.3) is 0 Å². The molecule has 16 heavy (non-hydrogen) atoms. The molecule has 1 heterocycles. The number of nitrogen functional groups attached to an aromatic ring is 1. The lowest BCUT2D eigenvalue weighted by atomic mass is 10.1. The van der Waals surface area contributed by atoms with Gasteiger partial charge in [-0.2, -0.15) is 0 Å². The van der Waals surface area contributed by atoms with Gasteiger partial charge in [0, 0.05) is 13.1 Å². The van der Waals surface area contributed by atoms with Crippen molar-refractivity contribution in [2.45, 2.75) is 32.6 Å². The van der Waals surface area contributed by atoms with Gasteiger partial charge in [-0.1, -0.05) is 12.8 Å². The van der Waals surface area contributed by atoms with Crippen molar-refractivity contribution in [3.8, 4) is 0 Å². The van der Waals surface area contributed by atoms with Crippen LogP contribution in [0, 0.1) is 12.7 Å². The minimum atomic E-state index is -0.212. The Kier molecular flexibility index (Phi) is 3.32. The van der Waals surface area contributed by atoms with Crippen molar-refractivity contribution in [2.75, 3.05) is 23.7 Å². The molecular weight excluding hydrogens is 203 g/mol. The largest absolute Gasteiger partial charge is 0.397 e. The Hall–Kier alpha value is -1.25. The van der Waals surface area contributed by atoms with Gasteiger partial charge in [-0.25, -0.2) is 4.39 Å². The lowest BCUT2D eigenvalue weighted by molar-refractivity contribution is 0.618. The zero-order valence-corrected chi connectivity index (χ0v) is 9.80. The number of anilines is 2. The third-order valence-corrected chi connectivity index (χ3v) is 3.25. The molecule has 0 saturated carbocycles. The third-order valence-electron chi connectivity index (χ3n) is 3.25. The van der Waals surface area contributed by atoms with Crippen molar-refractivity contribution in [1.29, 1.82) is 0 Å². The van der Waals surface area contributed by atoms with Crippen LogP contribution in [0.5, 0.6) is 0 Å². The molecule has 1 saturated heterocycles. The quantitative estimate of drug-likeness (QED) is 0.740. The molecule has 1 aliphatic rings. The van der Waals surface area contributed by atoms with E-state index in [4.69, 9.17) is 5.73 Å². The van der Waals surface area contributed by atoms with Crippen LogP contribution in [0.1, 0.15) is 31.2 Å². The van der Waals surface area contributed by atoms with Crippen LogP contribution in [0.3, 0.4) is 0 Å². The maximum absolute atomic E-state index is 13.3. The Bertz CT molecular complexity index is 368. The molecule has 1 aliphatic heterocycles.